The second kappa shape index (κ2) is 9.41. The van der Waals surface area contributed by atoms with E-state index in [0.717, 1.165) is 30.7 Å². The molecule has 0 bridgehead atoms. The number of carbonyl (C=O) groups excluding carboxylic acids is 2. The molecule has 4 rings (SSSR count). The van der Waals surface area contributed by atoms with Gasteiger partial charge in [0.25, 0.3) is 5.91 Å². The number of hydrogen-bond acceptors (Lipinski definition) is 4. The van der Waals surface area contributed by atoms with Crippen LogP contribution in [-0.2, 0) is 16.1 Å². The van der Waals surface area contributed by atoms with E-state index in [2.05, 4.69) is 0 Å². The first-order valence-electron chi connectivity index (χ1n) is 10.2. The molecule has 0 unspecified atom stereocenters. The molecule has 0 saturated carbocycles. The quantitative estimate of drug-likeness (QED) is 0.697. The van der Waals surface area contributed by atoms with Crippen molar-refractivity contribution in [2.45, 2.75) is 24.3 Å². The summed E-state index contributed by atoms with van der Waals surface area (Å²) in [6, 6.07) is 16.9. The van der Waals surface area contributed by atoms with E-state index in [1.165, 1.54) is 0 Å². The van der Waals surface area contributed by atoms with E-state index in [1.807, 2.05) is 51.9 Å². The van der Waals surface area contributed by atoms with Crippen LogP contribution in [0.5, 0.6) is 0 Å². The van der Waals surface area contributed by atoms with Crippen LogP contribution in [0.4, 0.5) is 0 Å². The smallest absolute Gasteiger partial charge is 0.254 e. The molecule has 30 heavy (non-hydrogen) atoms. The Morgan fingerprint density at radius 2 is 1.70 bits per heavy atom. The number of carbonyl (C=O) groups is 2. The fourth-order valence-electron chi connectivity index (χ4n) is 4.08. The topological polar surface area (TPSA) is 49.9 Å². The molecule has 0 radical (unpaired) electrons. The fourth-order valence-corrected chi connectivity index (χ4v) is 5.67. The molecule has 0 aliphatic carbocycles. The summed E-state index contributed by atoms with van der Waals surface area (Å²) in [6.45, 7) is 2.54. The van der Waals surface area contributed by atoms with Crippen molar-refractivity contribution in [3.8, 4) is 0 Å². The highest BCUT2D eigenvalue weighted by atomic mass is 35.5. The van der Waals surface area contributed by atoms with E-state index in [4.69, 9.17) is 16.3 Å². The number of nitrogens with zero attached hydrogens (tertiary/aromatic N) is 2. The predicted molar refractivity (Wildman–Crippen MR) is 120 cm³/mol. The number of benzene rings is 2. The molecule has 2 saturated heterocycles. The molecule has 2 aromatic rings. The van der Waals surface area contributed by atoms with E-state index >= 15 is 0 Å². The minimum Gasteiger partial charge on any atom is -0.367 e. The van der Waals surface area contributed by atoms with Crippen molar-refractivity contribution in [1.29, 1.82) is 0 Å². The van der Waals surface area contributed by atoms with Gasteiger partial charge in [-0.15, -0.1) is 11.8 Å². The summed E-state index contributed by atoms with van der Waals surface area (Å²) in [6.07, 6.45) is 1.56. The van der Waals surface area contributed by atoms with Crippen molar-refractivity contribution in [1.82, 2.24) is 9.80 Å². The molecule has 2 aliphatic heterocycles. The largest absolute Gasteiger partial charge is 0.367 e. The molecule has 7 heteroatoms. The van der Waals surface area contributed by atoms with Crippen LogP contribution in [0.3, 0.4) is 0 Å². The number of amides is 2. The van der Waals surface area contributed by atoms with Crippen LogP contribution in [0.1, 0.15) is 28.8 Å². The van der Waals surface area contributed by atoms with Crippen molar-refractivity contribution in [2.75, 3.05) is 32.0 Å². The van der Waals surface area contributed by atoms with Gasteiger partial charge in [-0.25, -0.2) is 0 Å². The Balaban J connectivity index is 1.31. The lowest BCUT2D eigenvalue weighted by Gasteiger charge is -2.44. The van der Waals surface area contributed by atoms with Crippen LogP contribution in [0.25, 0.3) is 0 Å². The maximum absolute atomic E-state index is 13.1. The van der Waals surface area contributed by atoms with E-state index in [-0.39, 0.29) is 23.3 Å². The molecular formula is C23H25ClN2O3S. The molecule has 5 nitrogen and oxygen atoms in total. The SMILES string of the molecule is O=C(COCc1ccccc1)N1CCC2(CC1)SCCN2C(=O)c1ccc(Cl)cc1. The van der Waals surface area contributed by atoms with Gasteiger partial charge < -0.3 is 14.5 Å². The van der Waals surface area contributed by atoms with Crippen LogP contribution < -0.4 is 0 Å². The molecule has 2 aromatic carbocycles. The van der Waals surface area contributed by atoms with Gasteiger partial charge in [-0.3, -0.25) is 9.59 Å². The van der Waals surface area contributed by atoms with Gasteiger partial charge in [0, 0.05) is 36.0 Å². The molecule has 2 amide bonds. The number of rotatable bonds is 5. The average Bonchev–Trinajstić information content (AvgIpc) is 3.18. The molecule has 0 aromatic heterocycles. The summed E-state index contributed by atoms with van der Waals surface area (Å²) >= 11 is 7.80. The summed E-state index contributed by atoms with van der Waals surface area (Å²) in [7, 11) is 0. The van der Waals surface area contributed by atoms with Gasteiger partial charge in [-0.1, -0.05) is 41.9 Å². The zero-order valence-electron chi connectivity index (χ0n) is 16.8. The molecule has 0 N–H and O–H groups in total. The standard InChI is InChI=1S/C23H25ClN2O3S/c24-20-8-6-19(7-9-20)22(28)26-14-15-30-23(26)10-12-25(13-11-23)21(27)17-29-16-18-4-2-1-3-5-18/h1-9H,10-17H2. The van der Waals surface area contributed by atoms with Gasteiger partial charge in [0.15, 0.2) is 0 Å². The predicted octanol–water partition coefficient (Wildman–Crippen LogP) is 4.06. The third-order valence-corrected chi connectivity index (χ3v) is 7.55. The summed E-state index contributed by atoms with van der Waals surface area (Å²) in [5.74, 6) is 0.981. The summed E-state index contributed by atoms with van der Waals surface area (Å²) in [5, 5.41) is 0.623. The highest BCUT2D eigenvalue weighted by Gasteiger charge is 2.47. The molecule has 1 spiro atoms. The lowest BCUT2D eigenvalue weighted by Crippen LogP contribution is -2.54. The molecule has 0 atom stereocenters. The van der Waals surface area contributed by atoms with Gasteiger partial charge >= 0.3 is 0 Å². The number of likely N-dealkylation sites (tertiary alicyclic amines) is 1. The van der Waals surface area contributed by atoms with Gasteiger partial charge in [0.1, 0.15) is 6.61 Å². The van der Waals surface area contributed by atoms with Crippen LogP contribution in [0.2, 0.25) is 5.02 Å². The first-order chi connectivity index (χ1) is 14.6. The van der Waals surface area contributed by atoms with Gasteiger partial charge in [-0.2, -0.15) is 0 Å². The van der Waals surface area contributed by atoms with E-state index < -0.39 is 0 Å². The van der Waals surface area contributed by atoms with Gasteiger partial charge in [0.2, 0.25) is 5.91 Å². The molecule has 2 aliphatic rings. The lowest BCUT2D eigenvalue weighted by atomic mass is 10.0. The number of thioether (sulfide) groups is 1. The Kier molecular flexibility index (Phi) is 6.66. The van der Waals surface area contributed by atoms with Crippen molar-refractivity contribution < 1.29 is 14.3 Å². The first-order valence-corrected chi connectivity index (χ1v) is 11.5. The lowest BCUT2D eigenvalue weighted by molar-refractivity contribution is -0.138. The zero-order chi connectivity index (χ0) is 21.0. The third-order valence-electron chi connectivity index (χ3n) is 5.75. The van der Waals surface area contributed by atoms with Crippen molar-refractivity contribution >= 4 is 35.2 Å². The number of halogens is 1. The minimum absolute atomic E-state index is 0.0133. The molecule has 2 heterocycles. The summed E-state index contributed by atoms with van der Waals surface area (Å²) < 4.78 is 5.61. The van der Waals surface area contributed by atoms with Crippen LogP contribution in [0, 0.1) is 0 Å². The maximum atomic E-state index is 13.1. The van der Waals surface area contributed by atoms with E-state index in [1.54, 1.807) is 24.3 Å². The fraction of sp³-hybridized carbons (Fsp3) is 0.391. The van der Waals surface area contributed by atoms with Crippen LogP contribution in [-0.4, -0.2) is 58.5 Å². The summed E-state index contributed by atoms with van der Waals surface area (Å²) in [5.41, 5.74) is 1.72. The Bertz CT molecular complexity index is 883. The summed E-state index contributed by atoms with van der Waals surface area (Å²) in [4.78, 5) is 29.3. The minimum atomic E-state index is -0.224. The average molecular weight is 445 g/mol. The number of hydrogen-bond donors (Lipinski definition) is 0. The van der Waals surface area contributed by atoms with Crippen molar-refractivity contribution in [3.63, 3.8) is 0 Å². The highest BCUT2D eigenvalue weighted by molar-refractivity contribution is 8.00. The zero-order valence-corrected chi connectivity index (χ0v) is 18.3. The third kappa shape index (κ3) is 4.66. The monoisotopic (exact) mass is 444 g/mol. The Labute approximate surface area is 186 Å². The molecule has 158 valence electrons. The van der Waals surface area contributed by atoms with Crippen LogP contribution >= 0.6 is 23.4 Å². The number of ether oxygens (including phenoxy) is 1. The second-order valence-electron chi connectivity index (χ2n) is 7.62. The van der Waals surface area contributed by atoms with Gasteiger partial charge in [-0.05, 0) is 42.7 Å². The maximum Gasteiger partial charge on any atom is 0.254 e. The van der Waals surface area contributed by atoms with Crippen molar-refractivity contribution in [2.24, 2.45) is 0 Å². The van der Waals surface area contributed by atoms with E-state index in [9.17, 15) is 9.59 Å². The Morgan fingerprint density at radius 1 is 1.00 bits per heavy atom. The van der Waals surface area contributed by atoms with Gasteiger partial charge in [0.05, 0.1) is 11.5 Å². The second-order valence-corrected chi connectivity index (χ2v) is 9.51. The van der Waals surface area contributed by atoms with E-state index in [0.29, 0.717) is 30.3 Å². The molecule has 2 fully saturated rings. The molecular weight excluding hydrogens is 420 g/mol. The Hall–Kier alpha value is -2.02. The number of piperidine rings is 1. The first kappa shape index (κ1) is 21.2. The van der Waals surface area contributed by atoms with Crippen molar-refractivity contribution in [3.05, 3.63) is 70.7 Å². The Morgan fingerprint density at radius 3 is 2.40 bits per heavy atom. The highest BCUT2D eigenvalue weighted by Crippen LogP contribution is 2.44. The normalized spacial score (nSPS) is 18.0. The van der Waals surface area contributed by atoms with Crippen LogP contribution in [0.15, 0.2) is 54.6 Å².